The first kappa shape index (κ1) is 24.9. The summed E-state index contributed by atoms with van der Waals surface area (Å²) in [6, 6.07) is 18.0. The number of aryl methyl sites for hydroxylation is 1. The maximum atomic E-state index is 12.5. The van der Waals surface area contributed by atoms with Crippen LogP contribution in [-0.4, -0.2) is 32.8 Å². The molecule has 0 saturated heterocycles. The zero-order valence-corrected chi connectivity index (χ0v) is 19.7. The van der Waals surface area contributed by atoms with Crippen LogP contribution in [0.15, 0.2) is 66.7 Å². The minimum Gasteiger partial charge on any atom is -0.487 e. The molecule has 0 spiro atoms. The molecular formula is C26H23F3N2O5. The molecule has 0 unspecified atom stereocenters. The van der Waals surface area contributed by atoms with Crippen molar-refractivity contribution >= 4 is 16.9 Å². The minimum atomic E-state index is -4.76. The second-order valence-electron chi connectivity index (χ2n) is 8.55. The number of nitrogens with zero attached hydrogens (tertiary/aromatic N) is 2. The van der Waals surface area contributed by atoms with Gasteiger partial charge in [0.15, 0.2) is 5.60 Å². The predicted molar refractivity (Wildman–Crippen MR) is 126 cm³/mol. The number of carboxylic acid groups (broad SMARTS) is 1. The van der Waals surface area contributed by atoms with Gasteiger partial charge < -0.3 is 19.3 Å². The summed E-state index contributed by atoms with van der Waals surface area (Å²) in [6.07, 6.45) is -4.76. The van der Waals surface area contributed by atoms with Crippen LogP contribution in [0.2, 0.25) is 0 Å². The molecule has 0 fully saturated rings. The van der Waals surface area contributed by atoms with Crippen LogP contribution in [0.5, 0.6) is 17.2 Å². The number of carboxylic acids is 1. The van der Waals surface area contributed by atoms with Crippen molar-refractivity contribution in [3.63, 3.8) is 0 Å². The lowest BCUT2D eigenvalue weighted by Gasteiger charge is -2.23. The Kier molecular flexibility index (Phi) is 6.53. The Morgan fingerprint density at radius 1 is 0.972 bits per heavy atom. The fourth-order valence-electron chi connectivity index (χ4n) is 3.52. The summed E-state index contributed by atoms with van der Waals surface area (Å²) >= 11 is 0. The van der Waals surface area contributed by atoms with E-state index in [-0.39, 0.29) is 12.4 Å². The molecule has 0 atom stereocenters. The first-order valence-electron chi connectivity index (χ1n) is 10.9. The molecule has 0 aliphatic carbocycles. The number of fused-ring (bicyclic) bond motifs is 1. The molecule has 0 aliphatic rings. The highest BCUT2D eigenvalue weighted by molar-refractivity contribution is 5.83. The van der Waals surface area contributed by atoms with Gasteiger partial charge in [-0.3, -0.25) is 0 Å². The zero-order valence-electron chi connectivity index (χ0n) is 19.7. The minimum absolute atomic E-state index is 0.128. The van der Waals surface area contributed by atoms with Crippen LogP contribution < -0.4 is 14.2 Å². The van der Waals surface area contributed by atoms with Gasteiger partial charge in [0.1, 0.15) is 29.5 Å². The Morgan fingerprint density at radius 3 is 2.28 bits per heavy atom. The van der Waals surface area contributed by atoms with Crippen LogP contribution >= 0.6 is 0 Å². The Morgan fingerprint density at radius 2 is 1.64 bits per heavy atom. The number of aliphatic carboxylic acids is 1. The predicted octanol–water partition coefficient (Wildman–Crippen LogP) is 6.05. The number of para-hydroxylation sites is 1. The van der Waals surface area contributed by atoms with E-state index in [1.165, 1.54) is 38.1 Å². The molecule has 0 aliphatic heterocycles. The van der Waals surface area contributed by atoms with Gasteiger partial charge in [0, 0.05) is 5.39 Å². The summed E-state index contributed by atoms with van der Waals surface area (Å²) in [7, 11) is 0. The van der Waals surface area contributed by atoms with Gasteiger partial charge in [-0.1, -0.05) is 18.2 Å². The summed E-state index contributed by atoms with van der Waals surface area (Å²) in [5.41, 5.74) is 1.28. The van der Waals surface area contributed by atoms with E-state index in [0.29, 0.717) is 28.4 Å². The molecule has 4 rings (SSSR count). The third-order valence-corrected chi connectivity index (χ3v) is 5.38. The first-order valence-corrected chi connectivity index (χ1v) is 10.9. The molecule has 0 amide bonds. The van der Waals surface area contributed by atoms with Crippen molar-refractivity contribution in [3.8, 4) is 22.9 Å². The van der Waals surface area contributed by atoms with Gasteiger partial charge in [-0.2, -0.15) is 5.10 Å². The molecule has 188 valence electrons. The maximum absolute atomic E-state index is 12.5. The van der Waals surface area contributed by atoms with Crippen LogP contribution in [0.3, 0.4) is 0 Å². The van der Waals surface area contributed by atoms with Gasteiger partial charge in [0.25, 0.3) is 0 Å². The van der Waals surface area contributed by atoms with Crippen LogP contribution in [-0.2, 0) is 11.4 Å². The highest BCUT2D eigenvalue weighted by Crippen LogP contribution is 2.29. The number of hydrogen-bond donors (Lipinski definition) is 1. The topological polar surface area (TPSA) is 82.8 Å². The highest BCUT2D eigenvalue weighted by atomic mass is 19.4. The van der Waals surface area contributed by atoms with E-state index in [9.17, 15) is 23.1 Å². The molecular weight excluding hydrogens is 477 g/mol. The van der Waals surface area contributed by atoms with E-state index in [1.807, 2.05) is 24.3 Å². The van der Waals surface area contributed by atoms with Gasteiger partial charge in [-0.05, 0) is 74.9 Å². The zero-order chi connectivity index (χ0) is 26.1. The highest BCUT2D eigenvalue weighted by Gasteiger charge is 2.31. The molecule has 36 heavy (non-hydrogen) atoms. The number of carbonyl (C=O) groups is 1. The summed E-state index contributed by atoms with van der Waals surface area (Å²) in [6.45, 7) is 4.86. The number of halogens is 3. The molecule has 4 aromatic rings. The number of benzene rings is 3. The summed E-state index contributed by atoms with van der Waals surface area (Å²) in [5, 5.41) is 14.7. The van der Waals surface area contributed by atoms with Gasteiger partial charge >= 0.3 is 12.3 Å². The summed E-state index contributed by atoms with van der Waals surface area (Å²) < 4.78 is 54.5. The Labute approximate surface area is 204 Å². The molecule has 7 nitrogen and oxygen atoms in total. The first-order chi connectivity index (χ1) is 16.9. The fourth-order valence-corrected chi connectivity index (χ4v) is 3.52. The molecule has 0 radical (unpaired) electrons. The molecule has 1 heterocycles. The molecule has 0 bridgehead atoms. The average Bonchev–Trinajstić information content (AvgIpc) is 3.17. The summed E-state index contributed by atoms with van der Waals surface area (Å²) in [5.74, 6) is -0.421. The van der Waals surface area contributed by atoms with Crippen LogP contribution in [0.1, 0.15) is 25.1 Å². The largest absolute Gasteiger partial charge is 0.573 e. The molecule has 1 aromatic heterocycles. The van der Waals surface area contributed by atoms with Crippen molar-refractivity contribution in [3.05, 3.63) is 78.0 Å². The lowest BCUT2D eigenvalue weighted by molar-refractivity contribution is -0.274. The molecule has 0 saturated carbocycles. The molecule has 1 N–H and O–H groups in total. The van der Waals surface area contributed by atoms with E-state index in [0.717, 1.165) is 10.9 Å². The van der Waals surface area contributed by atoms with Crippen molar-refractivity contribution in [2.75, 3.05) is 0 Å². The van der Waals surface area contributed by atoms with Crippen molar-refractivity contribution in [1.82, 2.24) is 9.78 Å². The van der Waals surface area contributed by atoms with Gasteiger partial charge in [-0.15, -0.1) is 13.2 Å². The number of alkyl halides is 3. The van der Waals surface area contributed by atoms with Crippen molar-refractivity contribution in [2.45, 2.75) is 39.3 Å². The SMILES string of the molecule is Cc1cc(OCc2nn(-c3ccc(OC(F)(F)F)cc3)c3ccccc23)ccc1OC(C)(C)C(=O)O. The number of aromatic nitrogens is 2. The molecule has 3 aromatic carbocycles. The third kappa shape index (κ3) is 5.54. The Hall–Kier alpha value is -4.21. The van der Waals surface area contributed by atoms with Crippen molar-refractivity contribution in [2.24, 2.45) is 0 Å². The smallest absolute Gasteiger partial charge is 0.487 e. The lowest BCUT2D eigenvalue weighted by Crippen LogP contribution is -2.38. The average molecular weight is 500 g/mol. The Bertz CT molecular complexity index is 1400. The van der Waals surface area contributed by atoms with E-state index in [2.05, 4.69) is 9.84 Å². The monoisotopic (exact) mass is 500 g/mol. The quantitative estimate of drug-likeness (QED) is 0.317. The van der Waals surface area contributed by atoms with Crippen LogP contribution in [0, 0.1) is 6.92 Å². The van der Waals surface area contributed by atoms with Gasteiger partial charge in [0.05, 0.1) is 11.2 Å². The normalized spacial score (nSPS) is 11.9. The van der Waals surface area contributed by atoms with Crippen LogP contribution in [0.4, 0.5) is 13.2 Å². The summed E-state index contributed by atoms with van der Waals surface area (Å²) in [4.78, 5) is 11.3. The Balaban J connectivity index is 1.55. The van der Waals surface area contributed by atoms with Crippen molar-refractivity contribution < 1.29 is 37.3 Å². The lowest BCUT2D eigenvalue weighted by atomic mass is 10.1. The maximum Gasteiger partial charge on any atom is 0.573 e. The van der Waals surface area contributed by atoms with Gasteiger partial charge in [-0.25, -0.2) is 9.48 Å². The number of rotatable bonds is 8. The van der Waals surface area contributed by atoms with Crippen LogP contribution in [0.25, 0.3) is 16.6 Å². The number of ether oxygens (including phenoxy) is 3. The van der Waals surface area contributed by atoms with Crippen molar-refractivity contribution in [1.29, 1.82) is 0 Å². The second-order valence-corrected chi connectivity index (χ2v) is 8.55. The number of hydrogen-bond acceptors (Lipinski definition) is 5. The third-order valence-electron chi connectivity index (χ3n) is 5.38. The van der Waals surface area contributed by atoms with E-state index >= 15 is 0 Å². The van der Waals surface area contributed by atoms with E-state index in [4.69, 9.17) is 9.47 Å². The standard InChI is InChI=1S/C26H23F3N2O5/c1-16-14-19(12-13-23(16)36-25(2,3)24(32)33)34-15-21-20-6-4-5-7-22(20)31(30-21)17-8-10-18(11-9-17)35-26(27,28)29/h4-14H,15H2,1-3H3,(H,32,33). The van der Waals surface area contributed by atoms with E-state index in [1.54, 1.807) is 29.8 Å². The fraction of sp³-hybridized carbons (Fsp3) is 0.231. The molecule has 10 heteroatoms. The van der Waals surface area contributed by atoms with Gasteiger partial charge in [0.2, 0.25) is 0 Å². The second kappa shape index (κ2) is 9.44. The van der Waals surface area contributed by atoms with E-state index < -0.39 is 17.9 Å².